The first-order valence-corrected chi connectivity index (χ1v) is 6.28. The van der Waals surface area contributed by atoms with E-state index in [9.17, 15) is 0 Å². The van der Waals surface area contributed by atoms with Crippen molar-refractivity contribution < 1.29 is 4.52 Å². The van der Waals surface area contributed by atoms with Gasteiger partial charge in [-0.3, -0.25) is 0 Å². The van der Waals surface area contributed by atoms with Crippen molar-refractivity contribution in [2.75, 3.05) is 0 Å². The average Bonchev–Trinajstić information content (AvgIpc) is 2.87. The predicted molar refractivity (Wildman–Crippen MR) is 70.9 cm³/mol. The molecule has 0 saturated carbocycles. The fourth-order valence-electron chi connectivity index (χ4n) is 1.80. The topological polar surface area (TPSA) is 64.9 Å². The molecule has 0 aliphatic heterocycles. The van der Waals surface area contributed by atoms with Crippen LogP contribution in [0.5, 0.6) is 0 Å². The van der Waals surface area contributed by atoms with Gasteiger partial charge in [0.15, 0.2) is 0 Å². The number of hydrogen-bond donors (Lipinski definition) is 1. The maximum Gasteiger partial charge on any atom is 0.244 e. The van der Waals surface area contributed by atoms with Gasteiger partial charge >= 0.3 is 0 Å². The molecule has 2 N–H and O–H groups in total. The first kappa shape index (κ1) is 12.8. The molecule has 0 spiro atoms. The van der Waals surface area contributed by atoms with E-state index in [0.29, 0.717) is 17.6 Å². The molecule has 0 amide bonds. The molecule has 2 rings (SSSR count). The van der Waals surface area contributed by atoms with Crippen molar-refractivity contribution in [1.82, 2.24) is 10.1 Å². The largest absolute Gasteiger partial charge is 0.337 e. The van der Waals surface area contributed by atoms with Gasteiger partial charge in [-0.2, -0.15) is 4.98 Å². The second-order valence-corrected chi connectivity index (χ2v) is 4.68. The van der Waals surface area contributed by atoms with Crippen LogP contribution in [-0.2, 0) is 0 Å². The second kappa shape index (κ2) is 5.31. The zero-order valence-corrected chi connectivity index (χ0v) is 11.1. The maximum atomic E-state index is 6.08. The molecule has 0 saturated heterocycles. The summed E-state index contributed by atoms with van der Waals surface area (Å²) in [5.41, 5.74) is 8.20. The Hall–Kier alpha value is -1.68. The first-order chi connectivity index (χ1) is 8.63. The predicted octanol–water partition coefficient (Wildman–Crippen LogP) is 3.09. The zero-order chi connectivity index (χ0) is 13.1. The van der Waals surface area contributed by atoms with Crippen LogP contribution in [0.3, 0.4) is 0 Å². The second-order valence-electron chi connectivity index (χ2n) is 4.68. The molecule has 1 heterocycles. The number of aromatic nitrogens is 2. The summed E-state index contributed by atoms with van der Waals surface area (Å²) in [6.45, 7) is 6.21. The Labute approximate surface area is 107 Å². The maximum absolute atomic E-state index is 6.08. The number of hydrogen-bond acceptors (Lipinski definition) is 4. The van der Waals surface area contributed by atoms with Crippen LogP contribution in [0.2, 0.25) is 0 Å². The van der Waals surface area contributed by atoms with Gasteiger partial charge in [-0.1, -0.05) is 49.7 Å². The van der Waals surface area contributed by atoms with E-state index in [4.69, 9.17) is 10.3 Å². The molecular formula is C14H19N3O. The summed E-state index contributed by atoms with van der Waals surface area (Å²) >= 11 is 0. The molecule has 0 radical (unpaired) electrons. The highest BCUT2D eigenvalue weighted by Gasteiger charge is 2.20. The van der Waals surface area contributed by atoms with Crippen molar-refractivity contribution in [3.63, 3.8) is 0 Å². The van der Waals surface area contributed by atoms with E-state index in [1.54, 1.807) is 0 Å². The Morgan fingerprint density at radius 1 is 1.33 bits per heavy atom. The summed E-state index contributed by atoms with van der Waals surface area (Å²) in [5, 5.41) is 4.02. The lowest BCUT2D eigenvalue weighted by Crippen LogP contribution is -2.18. The van der Waals surface area contributed by atoms with Crippen molar-refractivity contribution in [2.45, 2.75) is 33.2 Å². The van der Waals surface area contributed by atoms with E-state index in [-0.39, 0.29) is 6.04 Å². The number of rotatable bonds is 4. The smallest absolute Gasteiger partial charge is 0.244 e. The minimum absolute atomic E-state index is 0.194. The van der Waals surface area contributed by atoms with Crippen molar-refractivity contribution in [2.24, 2.45) is 11.7 Å². The number of benzene rings is 1. The molecular weight excluding hydrogens is 226 g/mol. The Morgan fingerprint density at radius 3 is 2.72 bits per heavy atom. The van der Waals surface area contributed by atoms with Crippen LogP contribution < -0.4 is 5.73 Å². The molecule has 4 nitrogen and oxygen atoms in total. The summed E-state index contributed by atoms with van der Waals surface area (Å²) < 4.78 is 5.27. The van der Waals surface area contributed by atoms with Gasteiger partial charge in [-0.15, -0.1) is 0 Å². The normalized spacial score (nSPS) is 14.4. The van der Waals surface area contributed by atoms with Crippen LogP contribution in [0.1, 0.15) is 37.8 Å². The zero-order valence-electron chi connectivity index (χ0n) is 11.1. The molecule has 18 heavy (non-hydrogen) atoms. The van der Waals surface area contributed by atoms with Gasteiger partial charge in [-0.05, 0) is 18.4 Å². The van der Waals surface area contributed by atoms with Crippen molar-refractivity contribution in [1.29, 1.82) is 0 Å². The molecule has 0 aliphatic rings. The molecule has 1 aromatic heterocycles. The van der Waals surface area contributed by atoms with E-state index < -0.39 is 0 Å². The van der Waals surface area contributed by atoms with Crippen LogP contribution in [0.25, 0.3) is 11.4 Å². The summed E-state index contributed by atoms with van der Waals surface area (Å²) in [6, 6.07) is 7.77. The molecule has 96 valence electrons. The Bertz CT molecular complexity index is 521. The van der Waals surface area contributed by atoms with E-state index in [1.165, 1.54) is 0 Å². The van der Waals surface area contributed by atoms with Crippen molar-refractivity contribution >= 4 is 0 Å². The molecule has 4 heteroatoms. The molecule has 2 atom stereocenters. The molecule has 0 bridgehead atoms. The summed E-state index contributed by atoms with van der Waals surface area (Å²) in [5.74, 6) is 1.46. The lowest BCUT2D eigenvalue weighted by atomic mass is 10.0. The highest BCUT2D eigenvalue weighted by atomic mass is 16.5. The van der Waals surface area contributed by atoms with Crippen LogP contribution >= 0.6 is 0 Å². The molecule has 2 aromatic rings. The van der Waals surface area contributed by atoms with Gasteiger partial charge in [0.1, 0.15) is 0 Å². The Balaban J connectivity index is 2.29. The Morgan fingerprint density at radius 2 is 2.06 bits per heavy atom. The number of nitrogens with zero attached hydrogens (tertiary/aromatic N) is 2. The van der Waals surface area contributed by atoms with Crippen LogP contribution in [-0.4, -0.2) is 10.1 Å². The summed E-state index contributed by atoms with van der Waals surface area (Å²) in [4.78, 5) is 4.41. The van der Waals surface area contributed by atoms with Gasteiger partial charge < -0.3 is 10.3 Å². The third-order valence-corrected chi connectivity index (χ3v) is 3.37. The van der Waals surface area contributed by atoms with Crippen LogP contribution in [0, 0.1) is 12.8 Å². The molecule has 1 aromatic carbocycles. The highest BCUT2D eigenvalue weighted by molar-refractivity contribution is 5.58. The van der Waals surface area contributed by atoms with Gasteiger partial charge in [0.2, 0.25) is 11.7 Å². The lowest BCUT2D eigenvalue weighted by Gasteiger charge is -2.12. The average molecular weight is 245 g/mol. The van der Waals surface area contributed by atoms with Gasteiger partial charge in [-0.25, -0.2) is 0 Å². The van der Waals surface area contributed by atoms with Crippen LogP contribution in [0.4, 0.5) is 0 Å². The van der Waals surface area contributed by atoms with E-state index in [0.717, 1.165) is 17.5 Å². The number of aryl methyl sites for hydroxylation is 1. The Kier molecular flexibility index (Phi) is 3.77. The van der Waals surface area contributed by atoms with E-state index >= 15 is 0 Å². The third kappa shape index (κ3) is 2.43. The third-order valence-electron chi connectivity index (χ3n) is 3.37. The van der Waals surface area contributed by atoms with Crippen molar-refractivity contribution in [3.05, 3.63) is 35.7 Å². The summed E-state index contributed by atoms with van der Waals surface area (Å²) in [7, 11) is 0. The van der Waals surface area contributed by atoms with Gasteiger partial charge in [0.25, 0.3) is 0 Å². The summed E-state index contributed by atoms with van der Waals surface area (Å²) in [6.07, 6.45) is 0.989. The molecule has 0 fully saturated rings. The number of nitrogens with two attached hydrogens (primary N) is 1. The van der Waals surface area contributed by atoms with E-state index in [1.807, 2.05) is 31.2 Å². The monoisotopic (exact) mass is 245 g/mol. The molecule has 0 unspecified atom stereocenters. The fourth-order valence-corrected chi connectivity index (χ4v) is 1.80. The minimum Gasteiger partial charge on any atom is -0.337 e. The molecule has 0 aliphatic carbocycles. The van der Waals surface area contributed by atoms with Gasteiger partial charge in [0, 0.05) is 5.56 Å². The quantitative estimate of drug-likeness (QED) is 0.899. The fraction of sp³-hybridized carbons (Fsp3) is 0.429. The van der Waals surface area contributed by atoms with Gasteiger partial charge in [0.05, 0.1) is 6.04 Å². The van der Waals surface area contributed by atoms with Crippen molar-refractivity contribution in [3.8, 4) is 11.4 Å². The highest BCUT2D eigenvalue weighted by Crippen LogP contribution is 2.24. The van der Waals surface area contributed by atoms with Crippen LogP contribution in [0.15, 0.2) is 28.8 Å². The minimum atomic E-state index is -0.194. The lowest BCUT2D eigenvalue weighted by molar-refractivity contribution is 0.312. The first-order valence-electron chi connectivity index (χ1n) is 6.28. The SMILES string of the molecule is CC[C@H](C)[C@H](N)c1nc(-c2ccccc2C)no1. The van der Waals surface area contributed by atoms with E-state index in [2.05, 4.69) is 24.0 Å². The standard InChI is InChI=1S/C14H19N3O/c1-4-9(2)12(15)14-16-13(17-18-14)11-8-6-5-7-10(11)3/h5-9,12H,4,15H2,1-3H3/t9-,12-/m0/s1.